The van der Waals surface area contributed by atoms with E-state index >= 15 is 0 Å². The second-order valence-corrected chi connectivity index (χ2v) is 8.55. The highest BCUT2D eigenvalue weighted by Crippen LogP contribution is 2.34. The molecule has 0 saturated carbocycles. The van der Waals surface area contributed by atoms with Gasteiger partial charge in [-0.3, -0.25) is 0 Å². The summed E-state index contributed by atoms with van der Waals surface area (Å²) in [5.74, 6) is 0. The van der Waals surface area contributed by atoms with Gasteiger partial charge in [0.05, 0.1) is 12.2 Å². The Morgan fingerprint density at radius 1 is 0.950 bits per heavy atom. The van der Waals surface area contributed by atoms with Crippen LogP contribution in [0, 0.1) is 10.8 Å². The number of aliphatic hydroxyl groups is 3. The monoisotopic (exact) mass is 288 g/mol. The predicted octanol–water partition coefficient (Wildman–Crippen LogP) is 2.10. The maximum Gasteiger partial charge on any atom is 0.112 e. The second-order valence-electron chi connectivity index (χ2n) is 8.55. The van der Waals surface area contributed by atoms with Crippen molar-refractivity contribution in [2.24, 2.45) is 10.8 Å². The quantitative estimate of drug-likeness (QED) is 0.741. The van der Waals surface area contributed by atoms with Crippen LogP contribution in [0.15, 0.2) is 0 Å². The Morgan fingerprint density at radius 3 is 1.95 bits per heavy atom. The molecule has 20 heavy (non-hydrogen) atoms. The van der Waals surface area contributed by atoms with E-state index in [4.69, 9.17) is 4.74 Å². The molecule has 1 fully saturated rings. The van der Waals surface area contributed by atoms with Crippen molar-refractivity contribution in [2.45, 2.75) is 91.3 Å². The molecule has 1 rings (SSSR count). The summed E-state index contributed by atoms with van der Waals surface area (Å²) in [6, 6.07) is 0. The van der Waals surface area contributed by atoms with E-state index in [2.05, 4.69) is 41.5 Å². The maximum absolute atomic E-state index is 10.2. The van der Waals surface area contributed by atoms with Gasteiger partial charge in [-0.05, 0) is 30.1 Å². The van der Waals surface area contributed by atoms with Crippen LogP contribution in [0.4, 0.5) is 0 Å². The number of rotatable bonds is 4. The van der Waals surface area contributed by atoms with Crippen LogP contribution < -0.4 is 0 Å². The molecule has 3 N–H and O–H groups in total. The fraction of sp³-hybridized carbons (Fsp3) is 1.00. The molecular weight excluding hydrogens is 256 g/mol. The lowest BCUT2D eigenvalue weighted by atomic mass is 9.86. The molecule has 4 heteroatoms. The Hall–Kier alpha value is -0.160. The van der Waals surface area contributed by atoms with E-state index in [1.807, 2.05) is 0 Å². The molecule has 0 spiro atoms. The standard InChI is InChI=1S/C16H32O4/c1-15(2,3)8-7-10(17)14-13(19)12(18)11(20-14)9-16(4,5)6/h10-14,17-19H,7-9H2,1-6H3/t10?,11-,12+,13-,14+/m0/s1. The molecule has 1 saturated heterocycles. The first-order valence-corrected chi connectivity index (χ1v) is 7.60. The molecule has 0 aromatic carbocycles. The third-order valence-corrected chi connectivity index (χ3v) is 3.78. The molecule has 0 aromatic heterocycles. The van der Waals surface area contributed by atoms with Crippen molar-refractivity contribution in [1.29, 1.82) is 0 Å². The minimum absolute atomic E-state index is 0.0105. The van der Waals surface area contributed by atoms with Crippen molar-refractivity contribution < 1.29 is 20.1 Å². The zero-order valence-corrected chi connectivity index (χ0v) is 13.8. The van der Waals surface area contributed by atoms with Crippen LogP contribution in [-0.4, -0.2) is 45.8 Å². The summed E-state index contributed by atoms with van der Waals surface area (Å²) < 4.78 is 5.74. The van der Waals surface area contributed by atoms with Crippen molar-refractivity contribution in [3.8, 4) is 0 Å². The second kappa shape index (κ2) is 6.30. The molecule has 0 radical (unpaired) electrons. The van der Waals surface area contributed by atoms with Crippen LogP contribution in [0.5, 0.6) is 0 Å². The first-order valence-electron chi connectivity index (χ1n) is 7.60. The summed E-state index contributed by atoms with van der Waals surface area (Å²) in [6.07, 6.45) is -1.65. The minimum Gasteiger partial charge on any atom is -0.390 e. The normalized spacial score (nSPS) is 33.5. The van der Waals surface area contributed by atoms with Gasteiger partial charge in [0.2, 0.25) is 0 Å². The zero-order valence-electron chi connectivity index (χ0n) is 13.8. The molecule has 0 bridgehead atoms. The fourth-order valence-electron chi connectivity index (χ4n) is 2.61. The van der Waals surface area contributed by atoms with Gasteiger partial charge in [0.25, 0.3) is 0 Å². The van der Waals surface area contributed by atoms with Crippen LogP contribution in [-0.2, 0) is 4.74 Å². The third kappa shape index (κ3) is 5.32. The highest BCUT2D eigenvalue weighted by molar-refractivity contribution is 4.95. The number of hydrogen-bond acceptors (Lipinski definition) is 4. The highest BCUT2D eigenvalue weighted by atomic mass is 16.6. The Balaban J connectivity index is 2.59. The molecule has 1 unspecified atom stereocenters. The average Bonchev–Trinajstić information content (AvgIpc) is 2.51. The highest BCUT2D eigenvalue weighted by Gasteiger charge is 2.46. The lowest BCUT2D eigenvalue weighted by Gasteiger charge is -2.26. The van der Waals surface area contributed by atoms with Crippen molar-refractivity contribution in [3.63, 3.8) is 0 Å². The van der Waals surface area contributed by atoms with E-state index in [1.54, 1.807) is 0 Å². The van der Waals surface area contributed by atoms with Crippen LogP contribution >= 0.6 is 0 Å². The van der Waals surface area contributed by atoms with Crippen molar-refractivity contribution >= 4 is 0 Å². The van der Waals surface area contributed by atoms with E-state index < -0.39 is 30.5 Å². The molecule has 1 aliphatic rings. The zero-order chi connectivity index (χ0) is 15.7. The molecule has 0 aliphatic carbocycles. The van der Waals surface area contributed by atoms with E-state index in [-0.39, 0.29) is 10.8 Å². The average molecular weight is 288 g/mol. The largest absolute Gasteiger partial charge is 0.390 e. The van der Waals surface area contributed by atoms with Crippen LogP contribution in [0.2, 0.25) is 0 Å². The van der Waals surface area contributed by atoms with Gasteiger partial charge in [-0.1, -0.05) is 41.5 Å². The summed E-state index contributed by atoms with van der Waals surface area (Å²) in [5.41, 5.74) is 0.143. The van der Waals surface area contributed by atoms with Gasteiger partial charge in [0.1, 0.15) is 18.3 Å². The van der Waals surface area contributed by atoms with E-state index in [1.165, 1.54) is 0 Å². The van der Waals surface area contributed by atoms with Crippen LogP contribution in [0.25, 0.3) is 0 Å². The van der Waals surface area contributed by atoms with Gasteiger partial charge in [-0.15, -0.1) is 0 Å². The molecule has 1 aliphatic heterocycles. The number of ether oxygens (including phenoxy) is 1. The molecular formula is C16H32O4. The van der Waals surface area contributed by atoms with Gasteiger partial charge >= 0.3 is 0 Å². The molecule has 5 atom stereocenters. The summed E-state index contributed by atoms with van der Waals surface area (Å²) in [5, 5.41) is 30.4. The van der Waals surface area contributed by atoms with E-state index in [0.717, 1.165) is 6.42 Å². The van der Waals surface area contributed by atoms with Crippen LogP contribution in [0.3, 0.4) is 0 Å². The number of hydrogen-bond donors (Lipinski definition) is 3. The molecule has 1 heterocycles. The summed E-state index contributed by atoms with van der Waals surface area (Å²) >= 11 is 0. The van der Waals surface area contributed by atoms with Crippen molar-refractivity contribution in [2.75, 3.05) is 0 Å². The maximum atomic E-state index is 10.2. The van der Waals surface area contributed by atoms with E-state index in [0.29, 0.717) is 12.8 Å². The van der Waals surface area contributed by atoms with Crippen LogP contribution in [0.1, 0.15) is 60.8 Å². The summed E-state index contributed by atoms with van der Waals surface area (Å²) in [6.45, 7) is 12.5. The fourth-order valence-corrected chi connectivity index (χ4v) is 2.61. The summed E-state index contributed by atoms with van der Waals surface area (Å²) in [7, 11) is 0. The Kier molecular flexibility index (Phi) is 5.64. The Bertz CT molecular complexity index is 303. The third-order valence-electron chi connectivity index (χ3n) is 3.78. The van der Waals surface area contributed by atoms with Gasteiger partial charge in [-0.25, -0.2) is 0 Å². The lowest BCUT2D eigenvalue weighted by molar-refractivity contribution is -0.0761. The molecule has 0 amide bonds. The van der Waals surface area contributed by atoms with Gasteiger partial charge in [0.15, 0.2) is 0 Å². The first kappa shape index (κ1) is 17.9. The molecule has 0 aromatic rings. The van der Waals surface area contributed by atoms with Gasteiger partial charge in [0, 0.05) is 0 Å². The van der Waals surface area contributed by atoms with Gasteiger partial charge < -0.3 is 20.1 Å². The van der Waals surface area contributed by atoms with Crippen molar-refractivity contribution in [1.82, 2.24) is 0 Å². The minimum atomic E-state index is -1.00. The Morgan fingerprint density at radius 2 is 1.50 bits per heavy atom. The summed E-state index contributed by atoms with van der Waals surface area (Å²) in [4.78, 5) is 0. The molecule has 4 nitrogen and oxygen atoms in total. The Labute approximate surface area is 123 Å². The first-order chi connectivity index (χ1) is 8.91. The predicted molar refractivity (Wildman–Crippen MR) is 79.4 cm³/mol. The smallest absolute Gasteiger partial charge is 0.112 e. The van der Waals surface area contributed by atoms with Crippen molar-refractivity contribution in [3.05, 3.63) is 0 Å². The number of aliphatic hydroxyl groups excluding tert-OH is 3. The van der Waals surface area contributed by atoms with E-state index in [9.17, 15) is 15.3 Å². The lowest BCUT2D eigenvalue weighted by Crippen LogP contribution is -2.39. The topological polar surface area (TPSA) is 69.9 Å². The SMILES string of the molecule is CC(C)(C)CCC(O)[C@H]1O[C@@H](CC(C)(C)C)[C@@H](O)[C@@H]1O. The molecule has 120 valence electrons. The van der Waals surface area contributed by atoms with Gasteiger partial charge in [-0.2, -0.15) is 0 Å².